The van der Waals surface area contributed by atoms with E-state index < -0.39 is 10.9 Å². The van der Waals surface area contributed by atoms with Crippen LogP contribution >= 0.6 is 0 Å². The molecule has 0 unspecified atom stereocenters. The third kappa shape index (κ3) is 3.33. The highest BCUT2D eigenvalue weighted by Crippen LogP contribution is 2.21. The van der Waals surface area contributed by atoms with E-state index in [9.17, 15) is 14.9 Å². The van der Waals surface area contributed by atoms with Crippen molar-refractivity contribution in [3.8, 4) is 0 Å². The summed E-state index contributed by atoms with van der Waals surface area (Å²) in [6, 6.07) is 13.3. The molecule has 0 aliphatic rings. The van der Waals surface area contributed by atoms with Crippen LogP contribution in [0.3, 0.4) is 0 Å². The van der Waals surface area contributed by atoms with E-state index in [1.165, 1.54) is 13.2 Å². The molecule has 106 valence electrons. The minimum atomic E-state index is -0.446. The van der Waals surface area contributed by atoms with Crippen LogP contribution in [-0.4, -0.2) is 18.0 Å². The summed E-state index contributed by atoms with van der Waals surface area (Å²) in [6.45, 7) is 0. The molecule has 0 radical (unpaired) electrons. The van der Waals surface area contributed by atoms with Crippen molar-refractivity contribution >= 4 is 23.8 Å². The molecule has 0 atom stereocenters. The van der Waals surface area contributed by atoms with Crippen LogP contribution in [0, 0.1) is 10.1 Å². The van der Waals surface area contributed by atoms with Gasteiger partial charge in [-0.05, 0) is 23.8 Å². The molecular weight excluding hydrogens is 270 g/mol. The van der Waals surface area contributed by atoms with Crippen molar-refractivity contribution in [3.05, 3.63) is 75.3 Å². The van der Waals surface area contributed by atoms with Crippen molar-refractivity contribution in [1.82, 2.24) is 0 Å². The molecule has 2 aromatic rings. The molecular formula is C16H13NO4. The molecule has 0 amide bonds. The molecule has 0 spiro atoms. The second-order valence-corrected chi connectivity index (χ2v) is 4.23. The second kappa shape index (κ2) is 6.47. The first-order valence-corrected chi connectivity index (χ1v) is 6.22. The lowest BCUT2D eigenvalue weighted by molar-refractivity contribution is -0.385. The van der Waals surface area contributed by atoms with E-state index in [-0.39, 0.29) is 5.69 Å². The smallest absolute Gasteiger partial charge is 0.338 e. The summed E-state index contributed by atoms with van der Waals surface area (Å²) in [5, 5.41) is 11.0. The Hall–Kier alpha value is -2.95. The second-order valence-electron chi connectivity index (χ2n) is 4.23. The van der Waals surface area contributed by atoms with E-state index in [0.29, 0.717) is 16.7 Å². The molecule has 0 N–H and O–H groups in total. The topological polar surface area (TPSA) is 69.4 Å². The molecule has 0 aromatic heterocycles. The van der Waals surface area contributed by atoms with E-state index in [1.807, 2.05) is 0 Å². The normalized spacial score (nSPS) is 10.5. The molecule has 5 nitrogen and oxygen atoms in total. The number of ether oxygens (including phenoxy) is 1. The number of methoxy groups -OCH3 is 1. The Labute approximate surface area is 121 Å². The number of benzene rings is 2. The predicted octanol–water partition coefficient (Wildman–Crippen LogP) is 3.55. The van der Waals surface area contributed by atoms with Gasteiger partial charge in [-0.1, -0.05) is 36.4 Å². The molecule has 0 aliphatic carbocycles. The number of nitro benzene ring substituents is 1. The average molecular weight is 283 g/mol. The molecule has 0 fully saturated rings. The highest BCUT2D eigenvalue weighted by molar-refractivity contribution is 5.94. The van der Waals surface area contributed by atoms with Crippen LogP contribution in [0.1, 0.15) is 21.5 Å². The number of esters is 1. The largest absolute Gasteiger partial charge is 0.465 e. The molecule has 0 heterocycles. The van der Waals surface area contributed by atoms with Crippen LogP contribution < -0.4 is 0 Å². The molecule has 2 rings (SSSR count). The van der Waals surface area contributed by atoms with Crippen LogP contribution in [-0.2, 0) is 4.74 Å². The minimum absolute atomic E-state index is 0.0179. The van der Waals surface area contributed by atoms with Gasteiger partial charge < -0.3 is 4.74 Å². The first-order valence-electron chi connectivity index (χ1n) is 6.22. The number of carbonyl (C=O) groups excluding carboxylic acids is 1. The zero-order chi connectivity index (χ0) is 15.2. The Bertz CT molecular complexity index is 707. The molecule has 0 aliphatic heterocycles. The lowest BCUT2D eigenvalue weighted by Crippen LogP contribution is -2.03. The quantitative estimate of drug-likeness (QED) is 0.372. The number of nitrogens with zero attached hydrogens (tertiary/aromatic N) is 1. The van der Waals surface area contributed by atoms with Gasteiger partial charge in [0.1, 0.15) is 0 Å². The average Bonchev–Trinajstić information content (AvgIpc) is 2.52. The fraction of sp³-hybridized carbons (Fsp3) is 0.0625. The SMILES string of the molecule is COC(=O)c1ccccc1/C=C\c1ccccc1[N+](=O)[O-]. The van der Waals surface area contributed by atoms with Crippen molar-refractivity contribution in [1.29, 1.82) is 0 Å². The molecule has 21 heavy (non-hydrogen) atoms. The number of rotatable bonds is 4. The molecule has 0 bridgehead atoms. The van der Waals surface area contributed by atoms with E-state index in [2.05, 4.69) is 0 Å². The van der Waals surface area contributed by atoms with Crippen molar-refractivity contribution in [2.75, 3.05) is 7.11 Å². The summed E-state index contributed by atoms with van der Waals surface area (Å²) in [4.78, 5) is 22.2. The van der Waals surface area contributed by atoms with Crippen LogP contribution in [0.5, 0.6) is 0 Å². The molecule has 0 saturated heterocycles. The zero-order valence-electron chi connectivity index (χ0n) is 11.4. The highest BCUT2D eigenvalue weighted by Gasteiger charge is 2.11. The lowest BCUT2D eigenvalue weighted by atomic mass is 10.1. The number of nitro groups is 1. The van der Waals surface area contributed by atoms with Crippen molar-refractivity contribution in [3.63, 3.8) is 0 Å². The summed E-state index contributed by atoms with van der Waals surface area (Å²) < 4.78 is 4.71. The number of para-hydroxylation sites is 1. The van der Waals surface area contributed by atoms with Gasteiger partial charge in [-0.25, -0.2) is 4.79 Å². The van der Waals surface area contributed by atoms with Crippen molar-refractivity contribution < 1.29 is 14.5 Å². The van der Waals surface area contributed by atoms with Gasteiger partial charge in [-0.2, -0.15) is 0 Å². The summed E-state index contributed by atoms with van der Waals surface area (Å²) >= 11 is 0. The van der Waals surface area contributed by atoms with Crippen LogP contribution in [0.25, 0.3) is 12.2 Å². The summed E-state index contributed by atoms with van der Waals surface area (Å²) in [5.74, 6) is -0.446. The number of hydrogen-bond donors (Lipinski definition) is 0. The van der Waals surface area contributed by atoms with Gasteiger partial charge in [0.05, 0.1) is 23.2 Å². The summed E-state index contributed by atoms with van der Waals surface area (Å²) in [5.41, 5.74) is 1.55. The fourth-order valence-electron chi connectivity index (χ4n) is 1.91. The van der Waals surface area contributed by atoms with E-state index >= 15 is 0 Å². The Morgan fingerprint density at radius 1 is 1.05 bits per heavy atom. The number of hydrogen-bond acceptors (Lipinski definition) is 4. The predicted molar refractivity (Wildman–Crippen MR) is 79.8 cm³/mol. The van der Waals surface area contributed by atoms with Gasteiger partial charge in [0.25, 0.3) is 5.69 Å². The lowest BCUT2D eigenvalue weighted by Gasteiger charge is -2.03. The van der Waals surface area contributed by atoms with Gasteiger partial charge in [0.2, 0.25) is 0 Å². The summed E-state index contributed by atoms with van der Waals surface area (Å²) in [7, 11) is 1.31. The Balaban J connectivity index is 2.39. The molecule has 5 heteroatoms. The van der Waals surface area contributed by atoms with Crippen LogP contribution in [0.4, 0.5) is 5.69 Å². The first-order chi connectivity index (χ1) is 10.1. The van der Waals surface area contributed by atoms with Crippen LogP contribution in [0.15, 0.2) is 48.5 Å². The monoisotopic (exact) mass is 283 g/mol. The van der Waals surface area contributed by atoms with Crippen molar-refractivity contribution in [2.45, 2.75) is 0 Å². The van der Waals surface area contributed by atoms with Crippen LogP contribution in [0.2, 0.25) is 0 Å². The van der Waals surface area contributed by atoms with Crippen molar-refractivity contribution in [2.24, 2.45) is 0 Å². The van der Waals surface area contributed by atoms with Gasteiger partial charge >= 0.3 is 5.97 Å². The van der Waals surface area contributed by atoms with Gasteiger partial charge in [-0.15, -0.1) is 0 Å². The minimum Gasteiger partial charge on any atom is -0.465 e. The maximum absolute atomic E-state index is 11.7. The maximum atomic E-state index is 11.7. The third-order valence-electron chi connectivity index (χ3n) is 2.94. The first kappa shape index (κ1) is 14.5. The Morgan fingerprint density at radius 2 is 1.62 bits per heavy atom. The third-order valence-corrected chi connectivity index (χ3v) is 2.94. The Kier molecular flexibility index (Phi) is 4.46. The van der Waals surface area contributed by atoms with E-state index in [0.717, 1.165) is 0 Å². The van der Waals surface area contributed by atoms with Gasteiger partial charge in [-0.3, -0.25) is 10.1 Å². The van der Waals surface area contributed by atoms with Gasteiger partial charge in [0, 0.05) is 6.07 Å². The number of carbonyl (C=O) groups is 1. The molecule has 0 saturated carbocycles. The molecule has 2 aromatic carbocycles. The summed E-state index contributed by atoms with van der Waals surface area (Å²) in [6.07, 6.45) is 3.27. The Morgan fingerprint density at radius 3 is 2.29 bits per heavy atom. The fourth-order valence-corrected chi connectivity index (χ4v) is 1.91. The van der Waals surface area contributed by atoms with E-state index in [4.69, 9.17) is 4.74 Å². The maximum Gasteiger partial charge on any atom is 0.338 e. The van der Waals surface area contributed by atoms with E-state index in [1.54, 1.807) is 54.6 Å². The standard InChI is InChI=1S/C16H13NO4/c1-21-16(18)14-8-4-2-6-12(14)10-11-13-7-3-5-9-15(13)17(19)20/h2-11H,1H3/b11-10-. The highest BCUT2D eigenvalue weighted by atomic mass is 16.6. The zero-order valence-corrected chi connectivity index (χ0v) is 11.4. The van der Waals surface area contributed by atoms with Gasteiger partial charge in [0.15, 0.2) is 0 Å².